The van der Waals surface area contributed by atoms with Gasteiger partial charge in [-0.3, -0.25) is 19.8 Å². The molecule has 0 atom stereocenters. The van der Waals surface area contributed by atoms with E-state index in [2.05, 4.69) is 10.2 Å². The first kappa shape index (κ1) is 32.6. The van der Waals surface area contributed by atoms with E-state index in [0.29, 0.717) is 61.2 Å². The predicted molar refractivity (Wildman–Crippen MR) is 192 cm³/mol. The number of hydrogen-bond acceptors (Lipinski definition) is 9. The first-order chi connectivity index (χ1) is 24.2. The topological polar surface area (TPSA) is 157 Å². The van der Waals surface area contributed by atoms with Crippen molar-refractivity contribution in [2.45, 2.75) is 19.8 Å². The first-order valence-corrected chi connectivity index (χ1v) is 17.1. The van der Waals surface area contributed by atoms with Gasteiger partial charge in [-0.25, -0.2) is 14.8 Å². The van der Waals surface area contributed by atoms with Crippen molar-refractivity contribution in [3.63, 3.8) is 0 Å². The molecule has 7 rings (SSSR count). The van der Waals surface area contributed by atoms with Crippen molar-refractivity contribution in [3.8, 4) is 44.3 Å². The van der Waals surface area contributed by atoms with Crippen LogP contribution in [0.15, 0.2) is 93.1 Å². The highest BCUT2D eigenvalue weighted by molar-refractivity contribution is 7.12. The fourth-order valence-corrected chi connectivity index (χ4v) is 7.51. The van der Waals surface area contributed by atoms with Crippen LogP contribution in [0.4, 0.5) is 0 Å². The summed E-state index contributed by atoms with van der Waals surface area (Å²) in [7, 11) is 3.19. The summed E-state index contributed by atoms with van der Waals surface area (Å²) in [5.74, 6) is -0.570. The Bertz CT molecular complexity index is 2340. The summed E-state index contributed by atoms with van der Waals surface area (Å²) in [4.78, 5) is 49.9. The molecule has 0 saturated heterocycles. The number of thiazole rings is 2. The molecule has 0 fully saturated rings. The van der Waals surface area contributed by atoms with E-state index in [9.17, 15) is 19.5 Å². The van der Waals surface area contributed by atoms with Gasteiger partial charge in [-0.05, 0) is 55.8 Å². The maximum atomic E-state index is 14.4. The monoisotopic (exact) mass is 706 g/mol. The van der Waals surface area contributed by atoms with Crippen molar-refractivity contribution in [2.75, 3.05) is 14.2 Å². The molecule has 252 valence electrons. The molecule has 0 aliphatic rings. The Kier molecular flexibility index (Phi) is 8.55. The maximum absolute atomic E-state index is 14.4. The molecule has 14 heteroatoms. The third-order valence-electron chi connectivity index (χ3n) is 8.40. The minimum atomic E-state index is -1.08. The fraction of sp³-hybridized carbons (Fsp3) is 0.139. The van der Waals surface area contributed by atoms with Gasteiger partial charge in [0.1, 0.15) is 11.5 Å². The van der Waals surface area contributed by atoms with E-state index in [1.54, 1.807) is 40.2 Å². The SMILES string of the molecule is COc1cccc(-c2csc(-n3[nH]c(C)c(C(c4ccc(C(=O)O)cc4)c4c(C)[nH]n(-c5nc(-c6cccc(OC)c6)cs5)c4=O)c3=O)n2)c1. The smallest absolute Gasteiger partial charge is 0.335 e. The Labute approximate surface area is 292 Å². The number of carbonyl (C=O) groups is 1. The van der Waals surface area contributed by atoms with Crippen LogP contribution in [0.2, 0.25) is 0 Å². The highest BCUT2D eigenvalue weighted by atomic mass is 32.1. The van der Waals surface area contributed by atoms with Gasteiger partial charge in [-0.15, -0.1) is 22.7 Å². The number of aromatic carboxylic acids is 1. The lowest BCUT2D eigenvalue weighted by atomic mass is 9.85. The molecule has 0 aliphatic carbocycles. The summed E-state index contributed by atoms with van der Waals surface area (Å²) in [5.41, 5.74) is 4.61. The Morgan fingerprint density at radius 1 is 0.740 bits per heavy atom. The molecule has 0 unspecified atom stereocenters. The van der Waals surface area contributed by atoms with Crippen LogP contribution in [0.5, 0.6) is 11.5 Å². The molecule has 7 aromatic rings. The maximum Gasteiger partial charge on any atom is 0.335 e. The fourth-order valence-electron chi connectivity index (χ4n) is 5.93. The molecular weight excluding hydrogens is 677 g/mol. The number of carboxylic acid groups (broad SMARTS) is 1. The van der Waals surface area contributed by atoms with Gasteiger partial charge in [-0.1, -0.05) is 36.4 Å². The number of aryl methyl sites for hydroxylation is 2. The lowest BCUT2D eigenvalue weighted by Gasteiger charge is -2.16. The van der Waals surface area contributed by atoms with Gasteiger partial charge in [0.05, 0.1) is 42.3 Å². The molecule has 3 N–H and O–H groups in total. The number of H-pyrrole nitrogens is 2. The van der Waals surface area contributed by atoms with Crippen molar-refractivity contribution in [1.82, 2.24) is 29.5 Å². The largest absolute Gasteiger partial charge is 0.497 e. The van der Waals surface area contributed by atoms with Crippen LogP contribution in [0.3, 0.4) is 0 Å². The van der Waals surface area contributed by atoms with Crippen LogP contribution >= 0.6 is 22.7 Å². The number of nitrogens with zero attached hydrogens (tertiary/aromatic N) is 4. The van der Waals surface area contributed by atoms with Crippen LogP contribution in [0.25, 0.3) is 32.8 Å². The summed E-state index contributed by atoms with van der Waals surface area (Å²) in [6.45, 7) is 3.54. The van der Waals surface area contributed by atoms with E-state index in [4.69, 9.17) is 19.4 Å². The summed E-state index contributed by atoms with van der Waals surface area (Å²) < 4.78 is 13.5. The highest BCUT2D eigenvalue weighted by Crippen LogP contribution is 2.34. The summed E-state index contributed by atoms with van der Waals surface area (Å²) in [6, 6.07) is 21.2. The molecule has 3 aromatic carbocycles. The van der Waals surface area contributed by atoms with Crippen LogP contribution in [0, 0.1) is 13.8 Å². The third-order valence-corrected chi connectivity index (χ3v) is 10.1. The second-order valence-electron chi connectivity index (χ2n) is 11.4. The zero-order valence-corrected chi connectivity index (χ0v) is 28.9. The molecule has 0 amide bonds. The van der Waals surface area contributed by atoms with Crippen molar-refractivity contribution < 1.29 is 19.4 Å². The molecule has 12 nitrogen and oxygen atoms in total. The van der Waals surface area contributed by atoms with Gasteiger partial charge in [0.15, 0.2) is 0 Å². The lowest BCUT2D eigenvalue weighted by Crippen LogP contribution is -2.25. The van der Waals surface area contributed by atoms with Crippen LogP contribution < -0.4 is 20.6 Å². The van der Waals surface area contributed by atoms with Crippen LogP contribution in [-0.4, -0.2) is 54.8 Å². The molecule has 0 radical (unpaired) electrons. The average molecular weight is 707 g/mol. The van der Waals surface area contributed by atoms with Crippen molar-refractivity contribution >= 4 is 28.6 Å². The zero-order chi connectivity index (χ0) is 35.1. The third kappa shape index (κ3) is 5.84. The van der Waals surface area contributed by atoms with E-state index in [-0.39, 0.29) is 16.7 Å². The Morgan fingerprint density at radius 2 is 1.20 bits per heavy atom. The number of hydrogen-bond donors (Lipinski definition) is 3. The lowest BCUT2D eigenvalue weighted by molar-refractivity contribution is 0.0697. The van der Waals surface area contributed by atoms with E-state index < -0.39 is 11.9 Å². The number of nitrogens with one attached hydrogen (secondary N) is 2. The molecule has 50 heavy (non-hydrogen) atoms. The minimum Gasteiger partial charge on any atom is -0.497 e. The molecule has 4 aromatic heterocycles. The van der Waals surface area contributed by atoms with Crippen molar-refractivity contribution in [1.29, 1.82) is 0 Å². The van der Waals surface area contributed by atoms with E-state index in [0.717, 1.165) is 11.1 Å². The van der Waals surface area contributed by atoms with Gasteiger partial charge in [0.2, 0.25) is 10.3 Å². The average Bonchev–Trinajstić information content (AvgIpc) is 3.93. The Balaban J connectivity index is 1.34. The predicted octanol–water partition coefficient (Wildman–Crippen LogP) is 6.40. The summed E-state index contributed by atoms with van der Waals surface area (Å²) in [5, 5.41) is 20.5. The van der Waals surface area contributed by atoms with Gasteiger partial charge >= 0.3 is 5.97 Å². The number of benzene rings is 3. The van der Waals surface area contributed by atoms with E-state index in [1.807, 2.05) is 59.3 Å². The van der Waals surface area contributed by atoms with Gasteiger partial charge in [0, 0.05) is 39.2 Å². The van der Waals surface area contributed by atoms with Gasteiger partial charge in [-0.2, -0.15) is 9.36 Å². The molecular formula is C36H30N6O6S2. The van der Waals surface area contributed by atoms with Gasteiger partial charge < -0.3 is 14.6 Å². The molecule has 0 spiro atoms. The van der Waals surface area contributed by atoms with Crippen LogP contribution in [0.1, 0.15) is 44.4 Å². The number of aromatic nitrogens is 6. The number of aromatic amines is 2. The van der Waals surface area contributed by atoms with Gasteiger partial charge in [0.25, 0.3) is 11.1 Å². The standard InChI is InChI=1S/C36H30N6O6S2/c1-19-29(32(43)41(39-19)35-37-27(17-49-35)23-7-5-9-25(15-23)47-3)31(21-11-13-22(14-12-21)34(45)46)30-20(2)40-42(33(30)44)36-38-28(18-50-36)24-8-6-10-26(16-24)48-4/h5-18,31,39-40H,1-4H3,(H,45,46). The number of methoxy groups -OCH3 is 2. The zero-order valence-electron chi connectivity index (χ0n) is 27.3. The quantitative estimate of drug-likeness (QED) is 0.147. The number of rotatable bonds is 10. The minimum absolute atomic E-state index is 0.0830. The molecule has 0 bridgehead atoms. The second kappa shape index (κ2) is 13.1. The molecule has 0 saturated carbocycles. The summed E-state index contributed by atoms with van der Waals surface area (Å²) in [6.07, 6.45) is 0. The van der Waals surface area contributed by atoms with Crippen molar-refractivity contribution in [3.05, 3.63) is 138 Å². The number of carboxylic acids is 1. The van der Waals surface area contributed by atoms with E-state index >= 15 is 0 Å². The molecule has 4 heterocycles. The second-order valence-corrected chi connectivity index (χ2v) is 13.1. The normalized spacial score (nSPS) is 11.3. The highest BCUT2D eigenvalue weighted by Gasteiger charge is 2.32. The Morgan fingerprint density at radius 3 is 1.62 bits per heavy atom. The van der Waals surface area contributed by atoms with E-state index in [1.165, 1.54) is 44.2 Å². The number of ether oxygens (including phenoxy) is 2. The summed E-state index contributed by atoms with van der Waals surface area (Å²) >= 11 is 2.59. The van der Waals surface area contributed by atoms with Crippen molar-refractivity contribution in [2.24, 2.45) is 0 Å². The van der Waals surface area contributed by atoms with Crippen LogP contribution in [-0.2, 0) is 0 Å². The first-order valence-electron chi connectivity index (χ1n) is 15.3. The molecule has 0 aliphatic heterocycles. The Hall–Kier alpha value is -5.99.